The van der Waals surface area contributed by atoms with Gasteiger partial charge in [0.05, 0.1) is 24.0 Å². The fraction of sp³-hybridized carbons (Fsp3) is 0.625. The Kier molecular flexibility index (Phi) is 4.52. The molecule has 2 aromatic rings. The Morgan fingerprint density at radius 2 is 1.86 bits per heavy atom. The topological polar surface area (TPSA) is 47.7 Å². The Bertz CT molecular complexity index is 576. The Morgan fingerprint density at radius 1 is 1.14 bits per heavy atom. The third-order valence-electron chi connectivity index (χ3n) is 3.82. The molecule has 2 atom stereocenters. The number of nitrogens with zero attached hydrogens (tertiary/aromatic N) is 4. The van der Waals surface area contributed by atoms with Crippen molar-refractivity contribution in [1.29, 1.82) is 0 Å². The summed E-state index contributed by atoms with van der Waals surface area (Å²) in [5.41, 5.74) is 2.44. The molecule has 0 saturated carbocycles. The molecule has 0 spiro atoms. The lowest BCUT2D eigenvalue weighted by atomic mass is 10.1. The van der Waals surface area contributed by atoms with E-state index in [1.165, 1.54) is 11.1 Å². The summed E-state index contributed by atoms with van der Waals surface area (Å²) < 4.78 is 4.03. The number of hydrogen-bond donors (Lipinski definition) is 1. The van der Waals surface area contributed by atoms with E-state index < -0.39 is 0 Å². The zero-order valence-corrected chi connectivity index (χ0v) is 14.0. The highest BCUT2D eigenvalue weighted by molar-refractivity contribution is 5.05. The summed E-state index contributed by atoms with van der Waals surface area (Å²) in [5.74, 6) is 0. The van der Waals surface area contributed by atoms with E-state index in [2.05, 4.69) is 69.5 Å². The average molecular weight is 289 g/mol. The van der Waals surface area contributed by atoms with Crippen molar-refractivity contribution >= 4 is 0 Å². The Morgan fingerprint density at radius 3 is 2.38 bits per heavy atom. The second kappa shape index (κ2) is 6.02. The summed E-state index contributed by atoms with van der Waals surface area (Å²) in [6.45, 7) is 13.7. The molecule has 0 radical (unpaired) electrons. The second-order valence-electron chi connectivity index (χ2n) is 6.87. The van der Waals surface area contributed by atoms with Crippen molar-refractivity contribution in [2.45, 2.75) is 65.7 Å². The van der Waals surface area contributed by atoms with Crippen LogP contribution in [0.3, 0.4) is 0 Å². The minimum Gasteiger partial charge on any atom is -0.308 e. The molecule has 2 aromatic heterocycles. The zero-order chi connectivity index (χ0) is 15.6. The van der Waals surface area contributed by atoms with Gasteiger partial charge in [-0.15, -0.1) is 0 Å². The summed E-state index contributed by atoms with van der Waals surface area (Å²) >= 11 is 0. The van der Waals surface area contributed by atoms with Crippen LogP contribution in [0.25, 0.3) is 0 Å². The Hall–Kier alpha value is -1.62. The maximum absolute atomic E-state index is 4.43. The molecule has 5 heteroatoms. The first-order valence-electron chi connectivity index (χ1n) is 7.55. The van der Waals surface area contributed by atoms with Crippen LogP contribution in [0.1, 0.15) is 51.8 Å². The molecule has 0 unspecified atom stereocenters. The van der Waals surface area contributed by atoms with Crippen LogP contribution in [0.5, 0.6) is 0 Å². The van der Waals surface area contributed by atoms with Gasteiger partial charge in [0, 0.05) is 30.5 Å². The van der Waals surface area contributed by atoms with Gasteiger partial charge >= 0.3 is 0 Å². The molecule has 0 saturated heterocycles. The van der Waals surface area contributed by atoms with Gasteiger partial charge in [0.2, 0.25) is 0 Å². The van der Waals surface area contributed by atoms with Gasteiger partial charge in [-0.1, -0.05) is 0 Å². The van der Waals surface area contributed by atoms with E-state index in [1.54, 1.807) is 0 Å². The van der Waals surface area contributed by atoms with Crippen LogP contribution in [-0.4, -0.2) is 25.6 Å². The van der Waals surface area contributed by atoms with Crippen LogP contribution in [0, 0.1) is 6.92 Å². The standard InChI is InChI=1S/C16H27N5/c1-12-7-18-20(10-12)14(3)13(2)17-8-15-9-19-21(11-15)16(4,5)6/h7,9-11,13-14,17H,8H2,1-6H3/t13-,14+/m0/s1. The molecule has 2 heterocycles. The van der Waals surface area contributed by atoms with Crippen molar-refractivity contribution in [3.8, 4) is 0 Å². The lowest BCUT2D eigenvalue weighted by molar-refractivity contribution is 0.353. The van der Waals surface area contributed by atoms with E-state index in [9.17, 15) is 0 Å². The molecule has 0 aliphatic rings. The SMILES string of the molecule is Cc1cnn([C@H](C)[C@H](C)NCc2cnn(C(C)(C)C)c2)c1. The first-order valence-corrected chi connectivity index (χ1v) is 7.55. The molecule has 0 bridgehead atoms. The molecule has 0 aliphatic heterocycles. The highest BCUT2D eigenvalue weighted by atomic mass is 15.3. The van der Waals surface area contributed by atoms with Crippen molar-refractivity contribution in [3.63, 3.8) is 0 Å². The zero-order valence-electron chi connectivity index (χ0n) is 14.0. The molecule has 5 nitrogen and oxygen atoms in total. The van der Waals surface area contributed by atoms with Crippen LogP contribution in [-0.2, 0) is 12.1 Å². The van der Waals surface area contributed by atoms with E-state index in [1.807, 2.05) is 21.8 Å². The fourth-order valence-electron chi connectivity index (χ4n) is 2.15. The van der Waals surface area contributed by atoms with Gasteiger partial charge < -0.3 is 5.32 Å². The molecule has 0 fully saturated rings. The molecular weight excluding hydrogens is 262 g/mol. The average Bonchev–Trinajstić information content (AvgIpc) is 3.03. The second-order valence-corrected chi connectivity index (χ2v) is 6.87. The lowest BCUT2D eigenvalue weighted by Crippen LogP contribution is -2.33. The van der Waals surface area contributed by atoms with E-state index in [4.69, 9.17) is 0 Å². The van der Waals surface area contributed by atoms with Crippen molar-refractivity contribution in [1.82, 2.24) is 24.9 Å². The summed E-state index contributed by atoms with van der Waals surface area (Å²) in [4.78, 5) is 0. The summed E-state index contributed by atoms with van der Waals surface area (Å²) in [5, 5.41) is 12.4. The first kappa shape index (κ1) is 15.8. The van der Waals surface area contributed by atoms with Crippen molar-refractivity contribution in [2.24, 2.45) is 0 Å². The minimum atomic E-state index is 0.0315. The van der Waals surface area contributed by atoms with Crippen molar-refractivity contribution < 1.29 is 0 Å². The van der Waals surface area contributed by atoms with Gasteiger partial charge in [-0.3, -0.25) is 9.36 Å². The first-order chi connectivity index (χ1) is 9.77. The quantitative estimate of drug-likeness (QED) is 0.920. The highest BCUT2D eigenvalue weighted by Gasteiger charge is 2.16. The van der Waals surface area contributed by atoms with E-state index >= 15 is 0 Å². The number of hydrogen-bond acceptors (Lipinski definition) is 3. The molecule has 116 valence electrons. The van der Waals surface area contributed by atoms with Gasteiger partial charge in [0.1, 0.15) is 0 Å². The predicted octanol–water partition coefficient (Wildman–Crippen LogP) is 2.88. The third-order valence-corrected chi connectivity index (χ3v) is 3.82. The summed E-state index contributed by atoms with van der Waals surface area (Å²) in [6, 6.07) is 0.652. The van der Waals surface area contributed by atoms with Gasteiger partial charge in [-0.2, -0.15) is 10.2 Å². The Labute approximate surface area is 127 Å². The molecule has 1 N–H and O–H groups in total. The monoisotopic (exact) mass is 289 g/mol. The van der Waals surface area contributed by atoms with Crippen molar-refractivity contribution in [2.75, 3.05) is 0 Å². The molecule has 0 aliphatic carbocycles. The van der Waals surface area contributed by atoms with Crippen molar-refractivity contribution in [3.05, 3.63) is 35.9 Å². The summed E-state index contributed by atoms with van der Waals surface area (Å²) in [6.07, 6.45) is 8.03. The minimum absolute atomic E-state index is 0.0315. The number of aryl methyl sites for hydroxylation is 1. The van der Waals surface area contributed by atoms with Crippen LogP contribution in [0.15, 0.2) is 24.8 Å². The molecule has 0 amide bonds. The molecule has 21 heavy (non-hydrogen) atoms. The molecular formula is C16H27N5. The van der Waals surface area contributed by atoms with E-state index in [-0.39, 0.29) is 5.54 Å². The molecule has 2 rings (SSSR count). The summed E-state index contributed by atoms with van der Waals surface area (Å²) in [7, 11) is 0. The van der Waals surface area contributed by atoms with Gasteiger partial charge in [0.25, 0.3) is 0 Å². The third kappa shape index (κ3) is 3.94. The maximum atomic E-state index is 4.43. The van der Waals surface area contributed by atoms with Crippen LogP contribution in [0.2, 0.25) is 0 Å². The van der Waals surface area contributed by atoms with Crippen LogP contribution < -0.4 is 5.32 Å². The van der Waals surface area contributed by atoms with E-state index in [0.717, 1.165) is 6.54 Å². The Balaban J connectivity index is 1.92. The predicted molar refractivity (Wildman–Crippen MR) is 85.2 cm³/mol. The fourth-order valence-corrected chi connectivity index (χ4v) is 2.15. The highest BCUT2D eigenvalue weighted by Crippen LogP contribution is 2.14. The van der Waals surface area contributed by atoms with Gasteiger partial charge in [-0.05, 0) is 47.1 Å². The van der Waals surface area contributed by atoms with Gasteiger partial charge in [0.15, 0.2) is 0 Å². The van der Waals surface area contributed by atoms with Crippen LogP contribution >= 0.6 is 0 Å². The smallest absolute Gasteiger partial charge is 0.0641 e. The molecule has 0 aromatic carbocycles. The van der Waals surface area contributed by atoms with Gasteiger partial charge in [-0.25, -0.2) is 0 Å². The van der Waals surface area contributed by atoms with E-state index in [0.29, 0.717) is 12.1 Å². The largest absolute Gasteiger partial charge is 0.308 e. The maximum Gasteiger partial charge on any atom is 0.0641 e. The number of rotatable bonds is 5. The lowest BCUT2D eigenvalue weighted by Gasteiger charge is -2.21. The number of nitrogens with one attached hydrogen (secondary N) is 1. The number of aromatic nitrogens is 4. The van der Waals surface area contributed by atoms with Crippen LogP contribution in [0.4, 0.5) is 0 Å². The normalized spacial score (nSPS) is 15.1.